The second-order valence-corrected chi connectivity index (χ2v) is 5.09. The van der Waals surface area contributed by atoms with E-state index in [0.29, 0.717) is 5.56 Å². The number of carbonyl (C=O) groups excluding carboxylic acids is 1. The third-order valence-corrected chi connectivity index (χ3v) is 2.82. The molecule has 1 aromatic carbocycles. The molecule has 0 unspecified atom stereocenters. The van der Waals surface area contributed by atoms with Gasteiger partial charge in [0.15, 0.2) is 5.96 Å². The van der Waals surface area contributed by atoms with E-state index in [1.54, 1.807) is 18.2 Å². The molecule has 0 aromatic heterocycles. The molecule has 0 atom stereocenters. The molecule has 0 fully saturated rings. The molecule has 0 bridgehead atoms. The van der Waals surface area contributed by atoms with Crippen LogP contribution in [-0.2, 0) is 0 Å². The number of hydrogen-bond acceptors (Lipinski definition) is 2. The fraction of sp³-hybridized carbons (Fsp3) is 0.286. The molecule has 5 nitrogen and oxygen atoms in total. The number of carbonyl (C=O) groups is 1. The Morgan fingerprint density at radius 1 is 1.32 bits per heavy atom. The zero-order valence-corrected chi connectivity index (χ0v) is 11.2. The molecule has 19 heavy (non-hydrogen) atoms. The standard InChI is InChI=1S/C14H17N3O2/c1-8-7-14(2,3)19-11-5-4-9(6-10(8)11)12(18)17-13(15)16/h4-7H,1-3H3,(H4,15,16,17,18). The summed E-state index contributed by atoms with van der Waals surface area (Å²) in [7, 11) is 0. The van der Waals surface area contributed by atoms with Crippen molar-refractivity contribution in [1.29, 1.82) is 0 Å². The van der Waals surface area contributed by atoms with Gasteiger partial charge in [0.1, 0.15) is 11.4 Å². The minimum atomic E-state index is -0.458. The number of rotatable bonds is 1. The van der Waals surface area contributed by atoms with Crippen LogP contribution in [0.5, 0.6) is 5.75 Å². The Labute approximate surface area is 112 Å². The number of benzene rings is 1. The summed E-state index contributed by atoms with van der Waals surface area (Å²) >= 11 is 0. The average molecular weight is 259 g/mol. The van der Waals surface area contributed by atoms with Crippen molar-refractivity contribution in [1.82, 2.24) is 0 Å². The quantitative estimate of drug-likeness (QED) is 0.593. The molecule has 2 rings (SSSR count). The first-order valence-corrected chi connectivity index (χ1v) is 5.95. The van der Waals surface area contributed by atoms with Crippen LogP contribution in [0.1, 0.15) is 36.7 Å². The summed E-state index contributed by atoms with van der Waals surface area (Å²) in [6.07, 6.45) is 2.02. The Bertz CT molecular complexity index is 597. The largest absolute Gasteiger partial charge is 0.483 e. The third-order valence-electron chi connectivity index (χ3n) is 2.82. The van der Waals surface area contributed by atoms with Gasteiger partial charge in [0.05, 0.1) is 0 Å². The number of aliphatic imine (C=N–C) groups is 1. The Morgan fingerprint density at radius 2 is 2.00 bits per heavy atom. The number of fused-ring (bicyclic) bond motifs is 1. The van der Waals surface area contributed by atoms with Crippen molar-refractivity contribution in [3.05, 3.63) is 35.4 Å². The molecule has 5 heteroatoms. The van der Waals surface area contributed by atoms with Gasteiger partial charge in [0, 0.05) is 11.1 Å². The number of amides is 1. The summed E-state index contributed by atoms with van der Waals surface area (Å²) < 4.78 is 5.83. The maximum absolute atomic E-state index is 11.8. The van der Waals surface area contributed by atoms with Crippen LogP contribution >= 0.6 is 0 Å². The Balaban J connectivity index is 2.44. The van der Waals surface area contributed by atoms with Gasteiger partial charge in [0.2, 0.25) is 0 Å². The molecule has 0 saturated heterocycles. The third kappa shape index (κ3) is 2.76. The highest BCUT2D eigenvalue weighted by molar-refractivity contribution is 6.02. The van der Waals surface area contributed by atoms with Crippen molar-refractivity contribution in [2.75, 3.05) is 0 Å². The first-order chi connectivity index (χ1) is 8.78. The molecule has 0 spiro atoms. The summed E-state index contributed by atoms with van der Waals surface area (Å²) in [6.45, 7) is 5.95. The second-order valence-electron chi connectivity index (χ2n) is 5.09. The minimum Gasteiger partial charge on any atom is -0.483 e. The van der Waals surface area contributed by atoms with Crippen molar-refractivity contribution in [3.63, 3.8) is 0 Å². The van der Waals surface area contributed by atoms with Crippen molar-refractivity contribution < 1.29 is 9.53 Å². The van der Waals surface area contributed by atoms with Gasteiger partial charge in [-0.15, -0.1) is 0 Å². The van der Waals surface area contributed by atoms with E-state index in [1.165, 1.54) is 0 Å². The van der Waals surface area contributed by atoms with Gasteiger partial charge in [0.25, 0.3) is 5.91 Å². The molecule has 1 aliphatic heterocycles. The molecule has 1 aliphatic rings. The summed E-state index contributed by atoms with van der Waals surface area (Å²) in [4.78, 5) is 15.3. The molecule has 4 N–H and O–H groups in total. The van der Waals surface area contributed by atoms with Crippen LogP contribution in [-0.4, -0.2) is 17.5 Å². The van der Waals surface area contributed by atoms with Gasteiger partial charge >= 0.3 is 0 Å². The van der Waals surface area contributed by atoms with Crippen LogP contribution in [0.25, 0.3) is 5.57 Å². The fourth-order valence-corrected chi connectivity index (χ4v) is 2.15. The van der Waals surface area contributed by atoms with Crippen LogP contribution in [0.2, 0.25) is 0 Å². The number of allylic oxidation sites excluding steroid dienone is 1. The van der Waals surface area contributed by atoms with Gasteiger partial charge in [-0.2, -0.15) is 4.99 Å². The first-order valence-electron chi connectivity index (χ1n) is 5.95. The van der Waals surface area contributed by atoms with Gasteiger partial charge in [-0.05, 0) is 50.6 Å². The maximum Gasteiger partial charge on any atom is 0.280 e. The topological polar surface area (TPSA) is 90.7 Å². The highest BCUT2D eigenvalue weighted by atomic mass is 16.5. The minimum absolute atomic E-state index is 0.243. The van der Waals surface area contributed by atoms with Gasteiger partial charge in [-0.1, -0.05) is 0 Å². The predicted molar refractivity (Wildman–Crippen MR) is 74.9 cm³/mol. The normalized spacial score (nSPS) is 15.8. The van der Waals surface area contributed by atoms with E-state index >= 15 is 0 Å². The van der Waals surface area contributed by atoms with E-state index in [0.717, 1.165) is 16.9 Å². The average Bonchev–Trinajstić information content (AvgIpc) is 2.26. The number of ether oxygens (including phenoxy) is 1. The lowest BCUT2D eigenvalue weighted by Crippen LogP contribution is -2.28. The van der Waals surface area contributed by atoms with Gasteiger partial charge in [-0.3, -0.25) is 4.79 Å². The van der Waals surface area contributed by atoms with Crippen LogP contribution in [0.4, 0.5) is 0 Å². The van der Waals surface area contributed by atoms with E-state index < -0.39 is 5.91 Å². The smallest absolute Gasteiger partial charge is 0.280 e. The summed E-state index contributed by atoms with van der Waals surface area (Å²) in [5.74, 6) is 0.0547. The molecule has 0 radical (unpaired) electrons. The second kappa shape index (κ2) is 4.42. The molecule has 1 amide bonds. The zero-order valence-electron chi connectivity index (χ0n) is 11.2. The zero-order chi connectivity index (χ0) is 14.2. The van der Waals surface area contributed by atoms with Crippen LogP contribution in [0.15, 0.2) is 29.3 Å². The fourth-order valence-electron chi connectivity index (χ4n) is 2.15. The molecular formula is C14H17N3O2. The van der Waals surface area contributed by atoms with Crippen molar-refractivity contribution in [2.24, 2.45) is 16.5 Å². The lowest BCUT2D eigenvalue weighted by molar-refractivity contribution is 0.100. The Morgan fingerprint density at radius 3 is 2.63 bits per heavy atom. The van der Waals surface area contributed by atoms with E-state index in [9.17, 15) is 4.79 Å². The maximum atomic E-state index is 11.8. The highest BCUT2D eigenvalue weighted by Crippen LogP contribution is 2.36. The van der Waals surface area contributed by atoms with E-state index in [1.807, 2.05) is 26.8 Å². The molecule has 1 heterocycles. The van der Waals surface area contributed by atoms with Crippen molar-refractivity contribution >= 4 is 17.4 Å². The Hall–Kier alpha value is -2.30. The predicted octanol–water partition coefficient (Wildman–Crippen LogP) is 1.67. The van der Waals surface area contributed by atoms with Crippen molar-refractivity contribution in [3.8, 4) is 5.75 Å². The van der Waals surface area contributed by atoms with Crippen molar-refractivity contribution in [2.45, 2.75) is 26.4 Å². The van der Waals surface area contributed by atoms with Crippen LogP contribution < -0.4 is 16.2 Å². The SMILES string of the molecule is CC1=CC(C)(C)Oc2ccc(C(=O)N=C(N)N)cc21. The monoisotopic (exact) mass is 259 g/mol. The van der Waals surface area contributed by atoms with Crippen LogP contribution in [0.3, 0.4) is 0 Å². The number of nitrogens with two attached hydrogens (primary N) is 2. The summed E-state index contributed by atoms with van der Waals surface area (Å²) in [5, 5.41) is 0. The molecule has 0 aliphatic carbocycles. The summed E-state index contributed by atoms with van der Waals surface area (Å²) in [6, 6.07) is 5.16. The molecular weight excluding hydrogens is 242 g/mol. The highest BCUT2D eigenvalue weighted by Gasteiger charge is 2.25. The number of hydrogen-bond donors (Lipinski definition) is 2. The first kappa shape index (κ1) is 13.1. The van der Waals surface area contributed by atoms with Crippen LogP contribution in [0, 0.1) is 0 Å². The number of nitrogens with zero attached hydrogens (tertiary/aromatic N) is 1. The molecule has 100 valence electrons. The molecule has 1 aromatic rings. The van der Waals surface area contributed by atoms with Gasteiger partial charge in [-0.25, -0.2) is 0 Å². The van der Waals surface area contributed by atoms with Gasteiger partial charge < -0.3 is 16.2 Å². The Kier molecular flexibility index (Phi) is 3.06. The summed E-state index contributed by atoms with van der Waals surface area (Å²) in [5.41, 5.74) is 12.4. The molecule has 0 saturated carbocycles. The van der Waals surface area contributed by atoms with E-state index in [-0.39, 0.29) is 11.6 Å². The number of guanidine groups is 1. The van der Waals surface area contributed by atoms with E-state index in [2.05, 4.69) is 4.99 Å². The lowest BCUT2D eigenvalue weighted by Gasteiger charge is -2.30. The lowest BCUT2D eigenvalue weighted by atomic mass is 9.94. The van der Waals surface area contributed by atoms with E-state index in [4.69, 9.17) is 16.2 Å².